The lowest BCUT2D eigenvalue weighted by Crippen LogP contribution is -2.28. The third kappa shape index (κ3) is 3.24. The van der Waals surface area contributed by atoms with Crippen LogP contribution in [0.5, 0.6) is 5.75 Å². The Balaban J connectivity index is 2.08. The fraction of sp³-hybridized carbons (Fsp3) is 0.375. The molecule has 0 aliphatic rings. The number of aromatic hydroxyl groups is 1. The van der Waals surface area contributed by atoms with Crippen molar-refractivity contribution in [3.8, 4) is 5.75 Å². The first-order valence-corrected chi connectivity index (χ1v) is 6.90. The number of likely N-dealkylation sites (N-methyl/N-ethyl adjacent to an activating group) is 1. The van der Waals surface area contributed by atoms with E-state index in [1.54, 1.807) is 28.8 Å². The van der Waals surface area contributed by atoms with Crippen LogP contribution < -0.4 is 0 Å². The smallest absolute Gasteiger partial charge is 0.227 e. The minimum atomic E-state index is 0.0115. The second-order valence-corrected chi connectivity index (χ2v) is 5.33. The Kier molecular flexibility index (Phi) is 4.31. The second-order valence-electron chi connectivity index (χ2n) is 5.33. The summed E-state index contributed by atoms with van der Waals surface area (Å²) in [6.45, 7) is 4.27. The van der Waals surface area contributed by atoms with Crippen molar-refractivity contribution in [3.63, 3.8) is 0 Å². The summed E-state index contributed by atoms with van der Waals surface area (Å²) >= 11 is 0. The lowest BCUT2D eigenvalue weighted by Gasteiger charge is -2.18. The Morgan fingerprint density at radius 2 is 2.00 bits per heavy atom. The van der Waals surface area contributed by atoms with Crippen molar-refractivity contribution in [1.82, 2.24) is 14.7 Å². The van der Waals surface area contributed by atoms with E-state index >= 15 is 0 Å². The first kappa shape index (κ1) is 15.1. The quantitative estimate of drug-likeness (QED) is 0.935. The van der Waals surface area contributed by atoms with Crippen LogP contribution in [0, 0.1) is 13.8 Å². The molecule has 1 aromatic heterocycles. The Morgan fingerprint density at radius 3 is 2.57 bits per heavy atom. The van der Waals surface area contributed by atoms with Gasteiger partial charge in [-0.15, -0.1) is 0 Å². The number of rotatable bonds is 4. The predicted molar refractivity (Wildman–Crippen MR) is 81.0 cm³/mol. The summed E-state index contributed by atoms with van der Waals surface area (Å²) in [5.41, 5.74) is 3.62. The molecule has 0 aliphatic heterocycles. The number of carbonyl (C=O) groups excluding carboxylic acids is 1. The highest BCUT2D eigenvalue weighted by molar-refractivity contribution is 5.79. The number of carbonyl (C=O) groups is 1. The van der Waals surface area contributed by atoms with Crippen LogP contribution in [0.4, 0.5) is 0 Å². The van der Waals surface area contributed by atoms with Gasteiger partial charge in [-0.3, -0.25) is 9.48 Å². The Morgan fingerprint density at radius 1 is 1.33 bits per heavy atom. The molecule has 5 heteroatoms. The fourth-order valence-corrected chi connectivity index (χ4v) is 2.35. The Bertz CT molecular complexity index is 662. The topological polar surface area (TPSA) is 58.4 Å². The summed E-state index contributed by atoms with van der Waals surface area (Å²) in [4.78, 5) is 14.0. The van der Waals surface area contributed by atoms with Gasteiger partial charge in [0.15, 0.2) is 0 Å². The van der Waals surface area contributed by atoms with E-state index in [2.05, 4.69) is 5.10 Å². The molecule has 1 amide bonds. The number of hydrogen-bond donors (Lipinski definition) is 1. The minimum absolute atomic E-state index is 0.0115. The summed E-state index contributed by atoms with van der Waals surface area (Å²) in [6, 6.07) is 7.06. The maximum Gasteiger partial charge on any atom is 0.227 e. The molecule has 5 nitrogen and oxygen atoms in total. The van der Waals surface area contributed by atoms with Crippen molar-refractivity contribution in [2.24, 2.45) is 7.05 Å². The summed E-state index contributed by atoms with van der Waals surface area (Å²) in [7, 11) is 3.62. The number of aromatic nitrogens is 2. The van der Waals surface area contributed by atoms with Crippen molar-refractivity contribution in [3.05, 3.63) is 46.8 Å². The molecule has 1 aromatic carbocycles. The first-order valence-electron chi connectivity index (χ1n) is 6.90. The third-order valence-corrected chi connectivity index (χ3v) is 3.81. The van der Waals surface area contributed by atoms with Crippen LogP contribution in [-0.2, 0) is 24.8 Å². The van der Waals surface area contributed by atoms with Gasteiger partial charge in [0.1, 0.15) is 5.75 Å². The van der Waals surface area contributed by atoms with Crippen LogP contribution in [0.15, 0.2) is 24.3 Å². The number of amides is 1. The molecule has 0 saturated heterocycles. The van der Waals surface area contributed by atoms with Crippen molar-refractivity contribution in [1.29, 1.82) is 0 Å². The Hall–Kier alpha value is -2.30. The lowest BCUT2D eigenvalue weighted by molar-refractivity contribution is -0.129. The van der Waals surface area contributed by atoms with Gasteiger partial charge in [-0.1, -0.05) is 18.2 Å². The summed E-state index contributed by atoms with van der Waals surface area (Å²) in [6.07, 6.45) is 0.329. The molecule has 0 spiro atoms. The van der Waals surface area contributed by atoms with Gasteiger partial charge in [0.2, 0.25) is 5.91 Å². The molecule has 1 heterocycles. The average Bonchev–Trinajstić information content (AvgIpc) is 2.67. The van der Waals surface area contributed by atoms with E-state index < -0.39 is 0 Å². The van der Waals surface area contributed by atoms with Gasteiger partial charge in [-0.25, -0.2) is 0 Å². The molecule has 0 unspecified atom stereocenters. The van der Waals surface area contributed by atoms with Crippen LogP contribution in [0.25, 0.3) is 0 Å². The molecule has 0 radical (unpaired) electrons. The number of aryl methyl sites for hydroxylation is 2. The van der Waals surface area contributed by atoms with Crippen molar-refractivity contribution in [2.45, 2.75) is 26.8 Å². The van der Waals surface area contributed by atoms with Gasteiger partial charge in [0.25, 0.3) is 0 Å². The molecule has 2 rings (SSSR count). The maximum atomic E-state index is 12.3. The molecule has 0 saturated carbocycles. The second kappa shape index (κ2) is 5.99. The van der Waals surface area contributed by atoms with Gasteiger partial charge in [0.05, 0.1) is 12.1 Å². The van der Waals surface area contributed by atoms with E-state index in [9.17, 15) is 9.90 Å². The van der Waals surface area contributed by atoms with E-state index in [-0.39, 0.29) is 11.7 Å². The molecule has 112 valence electrons. The first-order chi connectivity index (χ1) is 9.90. The highest BCUT2D eigenvalue weighted by Crippen LogP contribution is 2.18. The van der Waals surface area contributed by atoms with Crippen molar-refractivity contribution < 1.29 is 9.90 Å². The number of hydrogen-bond acceptors (Lipinski definition) is 3. The molecule has 0 atom stereocenters. The van der Waals surface area contributed by atoms with E-state index in [1.165, 1.54) is 0 Å². The third-order valence-electron chi connectivity index (χ3n) is 3.81. The van der Waals surface area contributed by atoms with Crippen LogP contribution in [0.1, 0.15) is 22.5 Å². The van der Waals surface area contributed by atoms with E-state index in [0.29, 0.717) is 13.0 Å². The zero-order valence-corrected chi connectivity index (χ0v) is 12.9. The number of nitrogens with zero attached hydrogens (tertiary/aromatic N) is 3. The van der Waals surface area contributed by atoms with Crippen LogP contribution in [0.3, 0.4) is 0 Å². The summed E-state index contributed by atoms with van der Waals surface area (Å²) in [5.74, 6) is 0.225. The maximum absolute atomic E-state index is 12.3. The number of benzene rings is 1. The number of para-hydroxylation sites is 1. The minimum Gasteiger partial charge on any atom is -0.508 e. The largest absolute Gasteiger partial charge is 0.508 e. The molecular weight excluding hydrogens is 266 g/mol. The molecule has 2 aromatic rings. The van der Waals surface area contributed by atoms with Gasteiger partial charge in [0, 0.05) is 37.5 Å². The molecule has 0 bridgehead atoms. The van der Waals surface area contributed by atoms with E-state index in [0.717, 1.165) is 22.5 Å². The SMILES string of the molecule is Cc1nn(C)c(C)c1CC(=O)N(C)Cc1ccccc1O. The molecule has 21 heavy (non-hydrogen) atoms. The molecular formula is C16H21N3O2. The highest BCUT2D eigenvalue weighted by Gasteiger charge is 2.17. The summed E-state index contributed by atoms with van der Waals surface area (Å²) < 4.78 is 1.79. The van der Waals surface area contributed by atoms with E-state index in [1.807, 2.05) is 33.0 Å². The monoisotopic (exact) mass is 287 g/mol. The van der Waals surface area contributed by atoms with Gasteiger partial charge in [-0.05, 0) is 19.9 Å². The average molecular weight is 287 g/mol. The Labute approximate surface area is 124 Å². The number of phenols is 1. The molecule has 0 fully saturated rings. The fourth-order valence-electron chi connectivity index (χ4n) is 2.35. The molecule has 0 aliphatic carbocycles. The van der Waals surface area contributed by atoms with Crippen LogP contribution in [0.2, 0.25) is 0 Å². The van der Waals surface area contributed by atoms with Crippen LogP contribution in [-0.4, -0.2) is 32.7 Å². The zero-order valence-electron chi connectivity index (χ0n) is 12.9. The highest BCUT2D eigenvalue weighted by atomic mass is 16.3. The van der Waals surface area contributed by atoms with E-state index in [4.69, 9.17) is 0 Å². The van der Waals surface area contributed by atoms with Crippen LogP contribution >= 0.6 is 0 Å². The predicted octanol–water partition coefficient (Wildman–Crippen LogP) is 1.94. The zero-order chi connectivity index (χ0) is 15.6. The van der Waals surface area contributed by atoms with Gasteiger partial charge in [-0.2, -0.15) is 5.10 Å². The van der Waals surface area contributed by atoms with Crippen molar-refractivity contribution in [2.75, 3.05) is 7.05 Å². The standard InChI is InChI=1S/C16H21N3O2/c1-11-14(12(2)19(4)17-11)9-16(21)18(3)10-13-7-5-6-8-15(13)20/h5-8,20H,9-10H2,1-4H3. The van der Waals surface area contributed by atoms with Crippen molar-refractivity contribution >= 4 is 5.91 Å². The van der Waals surface area contributed by atoms with Gasteiger partial charge >= 0.3 is 0 Å². The normalized spacial score (nSPS) is 10.7. The summed E-state index contributed by atoms with van der Waals surface area (Å²) in [5, 5.41) is 14.1. The van der Waals surface area contributed by atoms with Gasteiger partial charge < -0.3 is 10.0 Å². The lowest BCUT2D eigenvalue weighted by atomic mass is 10.1. The number of phenolic OH excluding ortho intramolecular Hbond substituents is 1. The molecule has 1 N–H and O–H groups in total.